The van der Waals surface area contributed by atoms with Crippen molar-refractivity contribution in [1.82, 2.24) is 0 Å². The molecule has 0 spiro atoms. The van der Waals surface area contributed by atoms with Gasteiger partial charge in [0.15, 0.2) is 0 Å². The highest BCUT2D eigenvalue weighted by molar-refractivity contribution is 4.70. The van der Waals surface area contributed by atoms with E-state index in [2.05, 4.69) is 13.8 Å². The zero-order chi connectivity index (χ0) is 9.72. The first kappa shape index (κ1) is 11.9. The molecule has 0 bridgehead atoms. The normalized spacial score (nSPS) is 19.2. The monoisotopic (exact) mass is 174 g/mol. The van der Waals surface area contributed by atoms with Gasteiger partial charge in [0.25, 0.3) is 0 Å². The van der Waals surface area contributed by atoms with E-state index in [1.807, 2.05) is 0 Å². The van der Waals surface area contributed by atoms with E-state index in [1.54, 1.807) is 13.8 Å². The van der Waals surface area contributed by atoms with Crippen molar-refractivity contribution < 1.29 is 10.2 Å². The van der Waals surface area contributed by atoms with Crippen molar-refractivity contribution in [2.45, 2.75) is 52.7 Å². The van der Waals surface area contributed by atoms with E-state index in [-0.39, 0.29) is 5.92 Å². The van der Waals surface area contributed by atoms with Crippen molar-refractivity contribution in [3.05, 3.63) is 0 Å². The van der Waals surface area contributed by atoms with E-state index in [0.29, 0.717) is 5.92 Å². The first-order chi connectivity index (χ1) is 5.45. The molecule has 0 aliphatic heterocycles. The fraction of sp³-hybridized carbons (Fsp3) is 1.00. The molecular weight excluding hydrogens is 152 g/mol. The Morgan fingerprint density at radius 3 is 1.50 bits per heavy atom. The molecule has 0 fully saturated rings. The van der Waals surface area contributed by atoms with Crippen LogP contribution in [0.2, 0.25) is 0 Å². The van der Waals surface area contributed by atoms with Gasteiger partial charge in [-0.3, -0.25) is 0 Å². The van der Waals surface area contributed by atoms with Gasteiger partial charge in [-0.25, -0.2) is 0 Å². The summed E-state index contributed by atoms with van der Waals surface area (Å²) in [4.78, 5) is 0. The highest BCUT2D eigenvalue weighted by Gasteiger charge is 2.20. The minimum absolute atomic E-state index is 0.0346. The van der Waals surface area contributed by atoms with Crippen LogP contribution in [0.4, 0.5) is 0 Å². The molecule has 0 saturated carbocycles. The Morgan fingerprint density at radius 1 is 0.833 bits per heavy atom. The molecule has 2 atom stereocenters. The van der Waals surface area contributed by atoms with Crippen LogP contribution in [0.15, 0.2) is 0 Å². The minimum Gasteiger partial charge on any atom is -0.393 e. The predicted molar refractivity (Wildman–Crippen MR) is 50.9 cm³/mol. The lowest BCUT2D eigenvalue weighted by Crippen LogP contribution is -2.27. The number of hydrogen-bond acceptors (Lipinski definition) is 2. The molecule has 0 aliphatic rings. The van der Waals surface area contributed by atoms with Gasteiger partial charge in [0, 0.05) is 5.92 Å². The van der Waals surface area contributed by atoms with Gasteiger partial charge >= 0.3 is 0 Å². The Labute approximate surface area is 75.6 Å². The Kier molecular flexibility index (Phi) is 5.51. The third-order valence-electron chi connectivity index (χ3n) is 2.32. The minimum atomic E-state index is -0.399. The van der Waals surface area contributed by atoms with Gasteiger partial charge in [-0.05, 0) is 26.2 Å². The molecule has 0 aromatic heterocycles. The maximum Gasteiger partial charge on any atom is 0.0564 e. The van der Waals surface area contributed by atoms with Crippen molar-refractivity contribution in [2.24, 2.45) is 11.8 Å². The summed E-state index contributed by atoms with van der Waals surface area (Å²) >= 11 is 0. The van der Waals surface area contributed by atoms with Crippen LogP contribution in [-0.4, -0.2) is 22.4 Å². The van der Waals surface area contributed by atoms with Crippen molar-refractivity contribution >= 4 is 0 Å². The van der Waals surface area contributed by atoms with Gasteiger partial charge in [-0.15, -0.1) is 0 Å². The molecule has 0 aliphatic carbocycles. The Hall–Kier alpha value is -0.0800. The van der Waals surface area contributed by atoms with Crippen molar-refractivity contribution in [2.75, 3.05) is 0 Å². The molecule has 0 rings (SSSR count). The summed E-state index contributed by atoms with van der Waals surface area (Å²) in [5.41, 5.74) is 0. The van der Waals surface area contributed by atoms with E-state index in [0.717, 1.165) is 12.8 Å². The quantitative estimate of drug-likeness (QED) is 0.667. The standard InChI is InChI=1S/C10H22O2/c1-7(2)5-6-10(8(3)11)9(4)12/h7-12H,5-6H2,1-4H3. The van der Waals surface area contributed by atoms with Gasteiger partial charge < -0.3 is 10.2 Å². The van der Waals surface area contributed by atoms with Crippen LogP contribution in [0.5, 0.6) is 0 Å². The molecule has 2 unspecified atom stereocenters. The molecule has 12 heavy (non-hydrogen) atoms. The largest absolute Gasteiger partial charge is 0.393 e. The summed E-state index contributed by atoms with van der Waals surface area (Å²) in [7, 11) is 0. The molecule has 2 N–H and O–H groups in total. The van der Waals surface area contributed by atoms with Gasteiger partial charge in [0.05, 0.1) is 12.2 Å². The summed E-state index contributed by atoms with van der Waals surface area (Å²) in [5.74, 6) is 0.678. The Morgan fingerprint density at radius 2 is 1.25 bits per heavy atom. The highest BCUT2D eigenvalue weighted by Crippen LogP contribution is 2.19. The predicted octanol–water partition coefficient (Wildman–Crippen LogP) is 1.80. The SMILES string of the molecule is CC(C)CCC(C(C)O)C(C)O. The lowest BCUT2D eigenvalue weighted by atomic mass is 9.90. The summed E-state index contributed by atoms with van der Waals surface area (Å²) in [6.45, 7) is 7.80. The van der Waals surface area contributed by atoms with Crippen LogP contribution in [0, 0.1) is 11.8 Å². The molecule has 2 nitrogen and oxygen atoms in total. The summed E-state index contributed by atoms with van der Waals surface area (Å²) in [6, 6.07) is 0. The second kappa shape index (κ2) is 5.55. The molecule has 0 aromatic carbocycles. The lowest BCUT2D eigenvalue weighted by molar-refractivity contribution is 0.0246. The fourth-order valence-corrected chi connectivity index (χ4v) is 1.41. The van der Waals surface area contributed by atoms with Gasteiger partial charge in [-0.1, -0.05) is 20.3 Å². The van der Waals surface area contributed by atoms with E-state index < -0.39 is 12.2 Å². The van der Waals surface area contributed by atoms with Crippen molar-refractivity contribution in [3.8, 4) is 0 Å². The average Bonchev–Trinajstić information content (AvgIpc) is 1.84. The molecule has 74 valence electrons. The maximum atomic E-state index is 9.34. The third kappa shape index (κ3) is 4.73. The van der Waals surface area contributed by atoms with E-state index in [9.17, 15) is 10.2 Å². The highest BCUT2D eigenvalue weighted by atomic mass is 16.3. The first-order valence-corrected chi connectivity index (χ1v) is 4.81. The Bertz CT molecular complexity index is 100. The molecule has 0 heterocycles. The number of aliphatic hydroxyl groups is 2. The average molecular weight is 174 g/mol. The van der Waals surface area contributed by atoms with Gasteiger partial charge in [-0.2, -0.15) is 0 Å². The smallest absolute Gasteiger partial charge is 0.0564 e. The number of rotatable bonds is 5. The maximum absolute atomic E-state index is 9.34. The summed E-state index contributed by atoms with van der Waals surface area (Å²) in [5, 5.41) is 18.7. The van der Waals surface area contributed by atoms with Crippen LogP contribution in [0.3, 0.4) is 0 Å². The fourth-order valence-electron chi connectivity index (χ4n) is 1.41. The topological polar surface area (TPSA) is 40.5 Å². The van der Waals surface area contributed by atoms with Crippen molar-refractivity contribution in [1.29, 1.82) is 0 Å². The molecule has 0 saturated heterocycles. The molecular formula is C10H22O2. The molecule has 2 heteroatoms. The lowest BCUT2D eigenvalue weighted by Gasteiger charge is -2.23. The molecule has 0 aromatic rings. The van der Waals surface area contributed by atoms with Crippen LogP contribution >= 0.6 is 0 Å². The zero-order valence-corrected chi connectivity index (χ0v) is 8.62. The van der Waals surface area contributed by atoms with E-state index >= 15 is 0 Å². The third-order valence-corrected chi connectivity index (χ3v) is 2.32. The van der Waals surface area contributed by atoms with Crippen molar-refractivity contribution in [3.63, 3.8) is 0 Å². The van der Waals surface area contributed by atoms with Gasteiger partial charge in [0.2, 0.25) is 0 Å². The molecule has 0 amide bonds. The van der Waals surface area contributed by atoms with Crippen LogP contribution < -0.4 is 0 Å². The summed E-state index contributed by atoms with van der Waals surface area (Å²) in [6.07, 6.45) is 1.18. The summed E-state index contributed by atoms with van der Waals surface area (Å²) < 4.78 is 0. The second-order valence-corrected chi connectivity index (χ2v) is 4.12. The zero-order valence-electron chi connectivity index (χ0n) is 8.62. The second-order valence-electron chi connectivity index (χ2n) is 4.12. The van der Waals surface area contributed by atoms with E-state index in [4.69, 9.17) is 0 Å². The van der Waals surface area contributed by atoms with E-state index in [1.165, 1.54) is 0 Å². The van der Waals surface area contributed by atoms with Crippen LogP contribution in [-0.2, 0) is 0 Å². The molecule has 0 radical (unpaired) electrons. The number of hydrogen-bond donors (Lipinski definition) is 2. The van der Waals surface area contributed by atoms with Crippen LogP contribution in [0.25, 0.3) is 0 Å². The van der Waals surface area contributed by atoms with Crippen LogP contribution in [0.1, 0.15) is 40.5 Å². The number of aliphatic hydroxyl groups excluding tert-OH is 2. The first-order valence-electron chi connectivity index (χ1n) is 4.81. The van der Waals surface area contributed by atoms with Gasteiger partial charge in [0.1, 0.15) is 0 Å². The Balaban J connectivity index is 3.80.